The topological polar surface area (TPSA) is 59.1 Å². The normalized spacial score (nSPS) is 17.4. The number of nitrogens with one attached hydrogen (secondary N) is 1. The predicted molar refractivity (Wildman–Crippen MR) is 89.5 cm³/mol. The molecule has 0 aromatic carbocycles. The van der Waals surface area contributed by atoms with Crippen LogP contribution in [0.3, 0.4) is 0 Å². The Morgan fingerprint density at radius 2 is 2.27 bits per heavy atom. The molecule has 5 nitrogen and oxygen atoms in total. The highest BCUT2D eigenvalue weighted by molar-refractivity contribution is 7.71. The second-order valence-corrected chi connectivity index (χ2v) is 6.07. The van der Waals surface area contributed by atoms with Crippen molar-refractivity contribution in [1.29, 1.82) is 0 Å². The second kappa shape index (κ2) is 6.87. The van der Waals surface area contributed by atoms with Gasteiger partial charge in [-0.15, -0.1) is 0 Å². The van der Waals surface area contributed by atoms with Crippen molar-refractivity contribution in [2.24, 2.45) is 5.10 Å². The maximum Gasteiger partial charge on any atom is 0.216 e. The molecule has 0 atom stereocenters. The molecule has 3 rings (SSSR count). The minimum absolute atomic E-state index is 0.452. The van der Waals surface area contributed by atoms with Gasteiger partial charge in [-0.2, -0.15) is 14.9 Å². The average Bonchev–Trinajstić information content (AvgIpc) is 3.16. The van der Waals surface area contributed by atoms with Gasteiger partial charge in [0.15, 0.2) is 5.82 Å². The van der Waals surface area contributed by atoms with Gasteiger partial charge in [0.25, 0.3) is 0 Å². The Bertz CT molecular complexity index is 718. The largest absolute Gasteiger partial charge is 0.465 e. The number of furan rings is 1. The van der Waals surface area contributed by atoms with Crippen LogP contribution in [-0.4, -0.2) is 21.1 Å². The van der Waals surface area contributed by atoms with Crippen LogP contribution in [0, 0.1) is 4.77 Å². The number of H-pyrrole nitrogens is 1. The van der Waals surface area contributed by atoms with Gasteiger partial charge in [-0.25, -0.2) is 0 Å². The Balaban J connectivity index is 1.81. The molecule has 1 aliphatic rings. The molecule has 0 spiro atoms. The fourth-order valence-corrected chi connectivity index (χ4v) is 3.01. The summed E-state index contributed by atoms with van der Waals surface area (Å²) in [6, 6.07) is 3.78. The fourth-order valence-electron chi connectivity index (χ4n) is 2.82. The van der Waals surface area contributed by atoms with Crippen LogP contribution in [0.1, 0.15) is 56.5 Å². The SMILES string of the molecule is CC(/C=N\n1c(C2CCCCC2)n[nH]c1=S)=C/c1ccco1. The van der Waals surface area contributed by atoms with Crippen molar-refractivity contribution in [3.8, 4) is 0 Å². The lowest BCUT2D eigenvalue weighted by Gasteiger charge is -2.19. The van der Waals surface area contributed by atoms with Crippen LogP contribution in [0.4, 0.5) is 0 Å². The van der Waals surface area contributed by atoms with E-state index in [9.17, 15) is 0 Å². The second-order valence-electron chi connectivity index (χ2n) is 5.68. The maximum atomic E-state index is 5.30. The van der Waals surface area contributed by atoms with Gasteiger partial charge in [0, 0.05) is 5.92 Å². The number of allylic oxidation sites excluding steroid dienone is 1. The van der Waals surface area contributed by atoms with Crippen molar-refractivity contribution in [1.82, 2.24) is 14.9 Å². The lowest BCUT2D eigenvalue weighted by molar-refractivity contribution is 0.419. The van der Waals surface area contributed by atoms with E-state index < -0.39 is 0 Å². The number of hydrogen-bond acceptors (Lipinski definition) is 4. The highest BCUT2D eigenvalue weighted by Crippen LogP contribution is 2.31. The Morgan fingerprint density at radius 1 is 1.45 bits per heavy atom. The highest BCUT2D eigenvalue weighted by Gasteiger charge is 2.21. The highest BCUT2D eigenvalue weighted by atomic mass is 32.1. The molecule has 2 aromatic rings. The van der Waals surface area contributed by atoms with E-state index >= 15 is 0 Å². The average molecular weight is 316 g/mol. The number of aromatic amines is 1. The zero-order chi connectivity index (χ0) is 15.4. The maximum absolute atomic E-state index is 5.30. The number of nitrogens with zero attached hydrogens (tertiary/aromatic N) is 3. The van der Waals surface area contributed by atoms with E-state index in [0.717, 1.165) is 30.0 Å². The van der Waals surface area contributed by atoms with Gasteiger partial charge < -0.3 is 4.42 Å². The van der Waals surface area contributed by atoms with E-state index in [0.29, 0.717) is 10.7 Å². The zero-order valence-corrected chi connectivity index (χ0v) is 13.5. The van der Waals surface area contributed by atoms with Crippen molar-refractivity contribution in [3.63, 3.8) is 0 Å². The summed E-state index contributed by atoms with van der Waals surface area (Å²) in [5.41, 5.74) is 0.993. The van der Waals surface area contributed by atoms with Gasteiger partial charge in [-0.05, 0) is 55.8 Å². The predicted octanol–water partition coefficient (Wildman–Crippen LogP) is 4.52. The lowest BCUT2D eigenvalue weighted by Crippen LogP contribution is -2.10. The summed E-state index contributed by atoms with van der Waals surface area (Å²) in [7, 11) is 0. The first-order chi connectivity index (χ1) is 10.7. The van der Waals surface area contributed by atoms with E-state index in [-0.39, 0.29) is 0 Å². The van der Waals surface area contributed by atoms with Gasteiger partial charge in [0.1, 0.15) is 5.76 Å². The van der Waals surface area contributed by atoms with E-state index in [1.54, 1.807) is 17.2 Å². The number of hydrogen-bond donors (Lipinski definition) is 1. The number of rotatable bonds is 4. The smallest absolute Gasteiger partial charge is 0.216 e. The molecule has 0 aliphatic heterocycles. The molecule has 0 bridgehead atoms. The zero-order valence-electron chi connectivity index (χ0n) is 12.7. The lowest BCUT2D eigenvalue weighted by atomic mass is 9.89. The van der Waals surface area contributed by atoms with Gasteiger partial charge in [0.2, 0.25) is 4.77 Å². The van der Waals surface area contributed by atoms with Crippen molar-refractivity contribution in [2.45, 2.75) is 44.9 Å². The third-order valence-corrected chi connectivity index (χ3v) is 4.20. The molecule has 2 aromatic heterocycles. The Kier molecular flexibility index (Phi) is 4.68. The first kappa shape index (κ1) is 15.0. The third kappa shape index (κ3) is 3.44. The molecule has 1 saturated carbocycles. The molecule has 2 heterocycles. The molecule has 0 unspecified atom stereocenters. The van der Waals surface area contributed by atoms with Gasteiger partial charge >= 0.3 is 0 Å². The quantitative estimate of drug-likeness (QED) is 0.666. The van der Waals surface area contributed by atoms with E-state index in [1.165, 1.54) is 19.3 Å². The summed E-state index contributed by atoms with van der Waals surface area (Å²) >= 11 is 5.30. The Hall–Kier alpha value is -1.95. The van der Waals surface area contributed by atoms with Crippen LogP contribution in [0.25, 0.3) is 6.08 Å². The first-order valence-corrected chi connectivity index (χ1v) is 8.08. The molecule has 0 radical (unpaired) electrons. The van der Waals surface area contributed by atoms with Crippen LogP contribution in [0.15, 0.2) is 33.5 Å². The molecule has 0 saturated heterocycles. The van der Waals surface area contributed by atoms with Gasteiger partial charge in [-0.1, -0.05) is 19.3 Å². The molecule has 6 heteroatoms. The molecular weight excluding hydrogens is 296 g/mol. The van der Waals surface area contributed by atoms with Crippen molar-refractivity contribution in [3.05, 3.63) is 40.3 Å². The fraction of sp³-hybridized carbons (Fsp3) is 0.438. The minimum Gasteiger partial charge on any atom is -0.465 e. The number of aromatic nitrogens is 3. The molecule has 1 N–H and O–H groups in total. The van der Waals surface area contributed by atoms with Gasteiger partial charge in [-0.3, -0.25) is 5.10 Å². The van der Waals surface area contributed by atoms with Crippen molar-refractivity contribution < 1.29 is 4.42 Å². The summed E-state index contributed by atoms with van der Waals surface area (Å²) in [5, 5.41) is 11.8. The first-order valence-electron chi connectivity index (χ1n) is 7.67. The van der Waals surface area contributed by atoms with E-state index in [2.05, 4.69) is 15.3 Å². The van der Waals surface area contributed by atoms with Crippen LogP contribution >= 0.6 is 12.2 Å². The van der Waals surface area contributed by atoms with Gasteiger partial charge in [0.05, 0.1) is 12.5 Å². The summed E-state index contributed by atoms with van der Waals surface area (Å²) < 4.78 is 7.60. The van der Waals surface area contributed by atoms with Crippen LogP contribution in [-0.2, 0) is 0 Å². The summed E-state index contributed by atoms with van der Waals surface area (Å²) in [4.78, 5) is 0. The molecule has 0 amide bonds. The summed E-state index contributed by atoms with van der Waals surface area (Å²) in [5.74, 6) is 2.22. The van der Waals surface area contributed by atoms with Crippen molar-refractivity contribution in [2.75, 3.05) is 0 Å². The van der Waals surface area contributed by atoms with Crippen LogP contribution in [0.2, 0.25) is 0 Å². The molecule has 1 fully saturated rings. The van der Waals surface area contributed by atoms with E-state index in [1.807, 2.05) is 25.1 Å². The molecule has 116 valence electrons. The summed E-state index contributed by atoms with van der Waals surface area (Å²) in [6.45, 7) is 1.98. The van der Waals surface area contributed by atoms with E-state index in [4.69, 9.17) is 16.6 Å². The molecule has 22 heavy (non-hydrogen) atoms. The Labute approximate surface area is 134 Å². The third-order valence-electron chi connectivity index (χ3n) is 3.94. The Morgan fingerprint density at radius 3 is 3.00 bits per heavy atom. The van der Waals surface area contributed by atoms with Crippen LogP contribution in [0.5, 0.6) is 0 Å². The van der Waals surface area contributed by atoms with Crippen LogP contribution < -0.4 is 0 Å². The molecule has 1 aliphatic carbocycles. The summed E-state index contributed by atoms with van der Waals surface area (Å²) in [6.07, 6.45) is 11.5. The standard InChI is InChI=1S/C16H20N4OS/c1-12(10-14-8-5-9-21-14)11-17-20-15(18-19-16(20)22)13-6-3-2-4-7-13/h5,8-11,13H,2-4,6-7H2,1H3,(H,19,22)/b12-10-,17-11-. The van der Waals surface area contributed by atoms with Crippen molar-refractivity contribution >= 4 is 24.5 Å². The monoisotopic (exact) mass is 316 g/mol. The minimum atomic E-state index is 0.452. The molecular formula is C16H20N4OS.